The Bertz CT molecular complexity index is 560. The second-order valence-corrected chi connectivity index (χ2v) is 4.11. The van der Waals surface area contributed by atoms with Gasteiger partial charge in [0.05, 0.1) is 18.4 Å². The fraction of sp³-hybridized carbons (Fsp3) is 0.154. The minimum absolute atomic E-state index is 0.100. The van der Waals surface area contributed by atoms with Gasteiger partial charge < -0.3 is 9.30 Å². The Morgan fingerprint density at radius 2 is 2.12 bits per heavy atom. The molecule has 0 aliphatic carbocycles. The Morgan fingerprint density at radius 1 is 1.35 bits per heavy atom. The highest BCUT2D eigenvalue weighted by Gasteiger charge is 2.16. The zero-order chi connectivity index (χ0) is 12.4. The molecule has 0 radical (unpaired) electrons. The molecule has 3 nitrogen and oxygen atoms in total. The highest BCUT2D eigenvalue weighted by molar-refractivity contribution is 6.31. The van der Waals surface area contributed by atoms with Gasteiger partial charge in [-0.3, -0.25) is 4.79 Å². The van der Waals surface area contributed by atoms with Crippen molar-refractivity contribution in [3.63, 3.8) is 0 Å². The maximum atomic E-state index is 12.3. The summed E-state index contributed by atoms with van der Waals surface area (Å²) >= 11 is 5.90. The Hall–Kier alpha value is -1.74. The molecule has 0 atom stereocenters. The van der Waals surface area contributed by atoms with Crippen molar-refractivity contribution in [2.24, 2.45) is 7.05 Å². The van der Waals surface area contributed by atoms with E-state index < -0.39 is 0 Å². The molecule has 0 aliphatic heterocycles. The van der Waals surface area contributed by atoms with Gasteiger partial charge in [0.25, 0.3) is 0 Å². The molecule has 0 fully saturated rings. The topological polar surface area (TPSA) is 31.2 Å². The van der Waals surface area contributed by atoms with Gasteiger partial charge in [-0.05, 0) is 30.3 Å². The summed E-state index contributed by atoms with van der Waals surface area (Å²) in [5, 5.41) is 0.517. The van der Waals surface area contributed by atoms with Crippen LogP contribution < -0.4 is 4.74 Å². The van der Waals surface area contributed by atoms with Crippen LogP contribution in [0.5, 0.6) is 5.75 Å². The Morgan fingerprint density at radius 3 is 2.71 bits per heavy atom. The van der Waals surface area contributed by atoms with Gasteiger partial charge in [-0.25, -0.2) is 0 Å². The molecule has 0 saturated heterocycles. The summed E-state index contributed by atoms with van der Waals surface area (Å²) in [6, 6.07) is 8.60. The molecule has 17 heavy (non-hydrogen) atoms. The smallest absolute Gasteiger partial charge is 0.213 e. The number of nitrogens with zero attached hydrogens (tertiary/aromatic N) is 1. The van der Waals surface area contributed by atoms with Crippen LogP contribution in [0.25, 0.3) is 0 Å². The number of carbonyl (C=O) groups is 1. The number of carbonyl (C=O) groups excluding carboxylic acids is 1. The number of aromatic nitrogens is 1. The van der Waals surface area contributed by atoms with Gasteiger partial charge in [-0.15, -0.1) is 0 Å². The lowest BCUT2D eigenvalue weighted by atomic mass is 10.1. The van der Waals surface area contributed by atoms with Crippen molar-refractivity contribution in [2.75, 3.05) is 7.11 Å². The number of halogens is 1. The highest BCUT2D eigenvalue weighted by atomic mass is 35.5. The quantitative estimate of drug-likeness (QED) is 0.784. The molecule has 4 heteroatoms. The number of aryl methyl sites for hydroxylation is 1. The van der Waals surface area contributed by atoms with E-state index in [0.29, 0.717) is 22.0 Å². The van der Waals surface area contributed by atoms with Crippen molar-refractivity contribution in [1.82, 2.24) is 4.57 Å². The van der Waals surface area contributed by atoms with E-state index in [1.54, 1.807) is 28.8 Å². The van der Waals surface area contributed by atoms with E-state index in [4.69, 9.17) is 16.3 Å². The van der Waals surface area contributed by atoms with E-state index in [1.165, 1.54) is 7.11 Å². The third-order valence-corrected chi connectivity index (χ3v) is 2.82. The summed E-state index contributed by atoms with van der Waals surface area (Å²) in [6.07, 6.45) is 1.82. The van der Waals surface area contributed by atoms with Crippen LogP contribution in [0.4, 0.5) is 0 Å². The zero-order valence-electron chi connectivity index (χ0n) is 9.61. The maximum absolute atomic E-state index is 12.3. The molecule has 0 N–H and O–H groups in total. The molecule has 0 saturated carbocycles. The lowest BCUT2D eigenvalue weighted by molar-refractivity contribution is 0.102. The van der Waals surface area contributed by atoms with E-state index in [2.05, 4.69) is 0 Å². The van der Waals surface area contributed by atoms with Crippen molar-refractivity contribution in [3.8, 4) is 5.75 Å². The molecule has 0 unspecified atom stereocenters. The van der Waals surface area contributed by atoms with E-state index in [-0.39, 0.29) is 5.78 Å². The molecular weight excluding hydrogens is 238 g/mol. The summed E-state index contributed by atoms with van der Waals surface area (Å²) in [5.74, 6) is 0.428. The fourth-order valence-corrected chi connectivity index (χ4v) is 1.86. The molecule has 0 spiro atoms. The first-order chi connectivity index (χ1) is 8.13. The number of rotatable bonds is 3. The van der Waals surface area contributed by atoms with Crippen LogP contribution in [0, 0.1) is 0 Å². The first-order valence-corrected chi connectivity index (χ1v) is 5.51. The lowest BCUT2D eigenvalue weighted by Crippen LogP contribution is -2.08. The Balaban J connectivity index is 2.50. The molecule has 0 amide bonds. The van der Waals surface area contributed by atoms with Crippen LogP contribution in [0.2, 0.25) is 5.02 Å². The summed E-state index contributed by atoms with van der Waals surface area (Å²) in [7, 11) is 3.36. The molecule has 0 aliphatic rings. The minimum atomic E-state index is -0.100. The van der Waals surface area contributed by atoms with Gasteiger partial charge in [0.15, 0.2) is 0 Å². The van der Waals surface area contributed by atoms with Crippen LogP contribution in [-0.2, 0) is 7.05 Å². The Kier molecular flexibility index (Phi) is 3.20. The third-order valence-electron chi connectivity index (χ3n) is 2.58. The largest absolute Gasteiger partial charge is 0.496 e. The molecular formula is C13H12ClNO2. The monoisotopic (exact) mass is 249 g/mol. The number of methoxy groups -OCH3 is 1. The van der Waals surface area contributed by atoms with E-state index in [1.807, 2.05) is 19.3 Å². The highest BCUT2D eigenvalue weighted by Crippen LogP contribution is 2.25. The van der Waals surface area contributed by atoms with Gasteiger partial charge in [-0.2, -0.15) is 0 Å². The van der Waals surface area contributed by atoms with Crippen LogP contribution >= 0.6 is 11.6 Å². The number of hydrogen-bond donors (Lipinski definition) is 0. The number of hydrogen-bond acceptors (Lipinski definition) is 2. The van der Waals surface area contributed by atoms with Crippen molar-refractivity contribution in [1.29, 1.82) is 0 Å². The second kappa shape index (κ2) is 4.63. The Labute approximate surface area is 105 Å². The normalized spacial score (nSPS) is 10.3. The van der Waals surface area contributed by atoms with Crippen molar-refractivity contribution >= 4 is 17.4 Å². The van der Waals surface area contributed by atoms with Crippen molar-refractivity contribution < 1.29 is 9.53 Å². The second-order valence-electron chi connectivity index (χ2n) is 3.68. The van der Waals surface area contributed by atoms with E-state index in [9.17, 15) is 4.79 Å². The molecule has 1 aromatic heterocycles. The maximum Gasteiger partial charge on any atom is 0.213 e. The number of ketones is 1. The average molecular weight is 250 g/mol. The molecule has 2 rings (SSSR count). The van der Waals surface area contributed by atoms with Gasteiger partial charge in [-0.1, -0.05) is 11.6 Å². The average Bonchev–Trinajstić information content (AvgIpc) is 2.74. The van der Waals surface area contributed by atoms with E-state index in [0.717, 1.165) is 0 Å². The molecule has 1 aromatic carbocycles. The summed E-state index contributed by atoms with van der Waals surface area (Å²) in [6.45, 7) is 0. The molecule has 1 heterocycles. The fourth-order valence-electron chi connectivity index (χ4n) is 1.69. The van der Waals surface area contributed by atoms with Gasteiger partial charge in [0.2, 0.25) is 5.78 Å². The van der Waals surface area contributed by atoms with Gasteiger partial charge >= 0.3 is 0 Å². The first kappa shape index (κ1) is 11.7. The van der Waals surface area contributed by atoms with Crippen molar-refractivity contribution in [2.45, 2.75) is 0 Å². The van der Waals surface area contributed by atoms with E-state index >= 15 is 0 Å². The molecule has 0 bridgehead atoms. The van der Waals surface area contributed by atoms with Crippen molar-refractivity contribution in [3.05, 3.63) is 52.8 Å². The predicted molar refractivity (Wildman–Crippen MR) is 66.8 cm³/mol. The summed E-state index contributed by atoms with van der Waals surface area (Å²) < 4.78 is 6.94. The SMILES string of the molecule is COc1ccc(Cl)cc1C(=O)c1cccn1C. The number of benzene rings is 1. The summed E-state index contributed by atoms with van der Waals surface area (Å²) in [5.41, 5.74) is 1.08. The predicted octanol–water partition coefficient (Wildman–Crippen LogP) is 2.92. The number of ether oxygens (including phenoxy) is 1. The van der Waals surface area contributed by atoms with Gasteiger partial charge in [0.1, 0.15) is 5.75 Å². The van der Waals surface area contributed by atoms with Crippen LogP contribution in [0.1, 0.15) is 16.1 Å². The minimum Gasteiger partial charge on any atom is -0.496 e. The summed E-state index contributed by atoms with van der Waals surface area (Å²) in [4.78, 5) is 12.3. The molecule has 88 valence electrons. The first-order valence-electron chi connectivity index (χ1n) is 5.13. The molecule has 2 aromatic rings. The lowest BCUT2D eigenvalue weighted by Gasteiger charge is -2.08. The van der Waals surface area contributed by atoms with Crippen LogP contribution in [0.3, 0.4) is 0 Å². The third kappa shape index (κ3) is 2.19. The van der Waals surface area contributed by atoms with Crippen LogP contribution in [-0.4, -0.2) is 17.5 Å². The van der Waals surface area contributed by atoms with Crippen LogP contribution in [0.15, 0.2) is 36.5 Å². The van der Waals surface area contributed by atoms with Gasteiger partial charge in [0, 0.05) is 18.3 Å². The zero-order valence-corrected chi connectivity index (χ0v) is 10.4. The standard InChI is InChI=1S/C13H12ClNO2/c1-15-7-3-4-11(15)13(16)10-8-9(14)5-6-12(10)17-2/h3-8H,1-2H3.